The Kier molecular flexibility index (Phi) is 6.37. The van der Waals surface area contributed by atoms with Gasteiger partial charge in [0.2, 0.25) is 0 Å². The average Bonchev–Trinajstić information content (AvgIpc) is 2.57. The molecular weight excluding hydrogens is 372 g/mol. The van der Waals surface area contributed by atoms with Crippen LogP contribution in [-0.2, 0) is 4.79 Å². The minimum atomic E-state index is -0.669. The molecule has 0 unspecified atom stereocenters. The predicted molar refractivity (Wildman–Crippen MR) is 97.7 cm³/mol. The van der Waals surface area contributed by atoms with Crippen LogP contribution in [0, 0.1) is 6.92 Å². The lowest BCUT2D eigenvalue weighted by Gasteiger charge is -2.14. The van der Waals surface area contributed by atoms with E-state index in [0.29, 0.717) is 5.75 Å². The van der Waals surface area contributed by atoms with Crippen molar-refractivity contribution in [2.24, 2.45) is 5.10 Å². The number of hydrazone groups is 1. The van der Waals surface area contributed by atoms with Gasteiger partial charge in [-0.3, -0.25) is 4.79 Å². The molecule has 6 heteroatoms. The van der Waals surface area contributed by atoms with Crippen LogP contribution in [0.15, 0.2) is 52.0 Å². The number of amides is 1. The maximum atomic E-state index is 12.0. The van der Waals surface area contributed by atoms with Crippen molar-refractivity contribution in [3.63, 3.8) is 0 Å². The summed E-state index contributed by atoms with van der Waals surface area (Å²) in [5.41, 5.74) is 4.43. The van der Waals surface area contributed by atoms with Gasteiger partial charge in [0, 0.05) is 0 Å². The van der Waals surface area contributed by atoms with Crippen LogP contribution < -0.4 is 14.9 Å². The number of aryl methyl sites for hydroxylation is 1. The quantitative estimate of drug-likeness (QED) is 0.604. The third-order valence-corrected chi connectivity index (χ3v) is 3.88. The van der Waals surface area contributed by atoms with Crippen LogP contribution in [0.25, 0.3) is 0 Å². The zero-order valence-electron chi connectivity index (χ0n) is 13.7. The van der Waals surface area contributed by atoms with Gasteiger partial charge < -0.3 is 9.47 Å². The first-order valence-corrected chi connectivity index (χ1v) is 8.18. The van der Waals surface area contributed by atoms with Gasteiger partial charge in [0.25, 0.3) is 5.91 Å². The summed E-state index contributed by atoms with van der Waals surface area (Å²) in [6, 6.07) is 13.0. The third kappa shape index (κ3) is 5.09. The molecule has 24 heavy (non-hydrogen) atoms. The monoisotopic (exact) mass is 390 g/mol. The van der Waals surface area contributed by atoms with Crippen LogP contribution >= 0.6 is 15.9 Å². The number of carbonyl (C=O) groups excluding carboxylic acids is 1. The van der Waals surface area contributed by atoms with Crippen molar-refractivity contribution in [2.75, 3.05) is 7.11 Å². The summed E-state index contributed by atoms with van der Waals surface area (Å²) in [5.74, 6) is 1.05. The molecule has 2 rings (SSSR count). The van der Waals surface area contributed by atoms with E-state index < -0.39 is 6.10 Å². The van der Waals surface area contributed by atoms with E-state index in [9.17, 15) is 4.79 Å². The fraction of sp³-hybridized carbons (Fsp3) is 0.222. The van der Waals surface area contributed by atoms with E-state index in [0.717, 1.165) is 21.3 Å². The van der Waals surface area contributed by atoms with Crippen molar-refractivity contribution in [3.05, 3.63) is 58.1 Å². The second-order valence-electron chi connectivity index (χ2n) is 5.20. The Hall–Kier alpha value is -2.34. The topological polar surface area (TPSA) is 59.9 Å². The second kappa shape index (κ2) is 8.49. The molecule has 126 valence electrons. The number of rotatable bonds is 6. The minimum Gasteiger partial charge on any atom is -0.497 e. The van der Waals surface area contributed by atoms with E-state index >= 15 is 0 Å². The van der Waals surface area contributed by atoms with Crippen molar-refractivity contribution in [1.29, 1.82) is 0 Å². The largest absolute Gasteiger partial charge is 0.497 e. The Balaban J connectivity index is 1.89. The Labute approximate surface area is 149 Å². The number of carbonyl (C=O) groups is 1. The van der Waals surface area contributed by atoms with Gasteiger partial charge >= 0.3 is 0 Å². The summed E-state index contributed by atoms with van der Waals surface area (Å²) >= 11 is 3.42. The number of ether oxygens (including phenoxy) is 2. The Morgan fingerprint density at radius 2 is 1.96 bits per heavy atom. The Bertz CT molecular complexity index is 730. The summed E-state index contributed by atoms with van der Waals surface area (Å²) < 4.78 is 11.5. The fourth-order valence-corrected chi connectivity index (χ4v) is 2.48. The van der Waals surface area contributed by atoms with E-state index in [1.165, 1.54) is 0 Å². The molecule has 1 atom stereocenters. The standard InChI is InChI=1S/C18H19BrN2O3/c1-12-4-9-17(16(19)10-12)24-13(2)18(22)21-20-11-14-5-7-15(23-3)8-6-14/h4-11,13H,1-3H3,(H,21,22)/b20-11-/t13-/m1/s1. The van der Waals surface area contributed by atoms with Gasteiger partial charge in [-0.2, -0.15) is 5.10 Å². The van der Waals surface area contributed by atoms with Crippen LogP contribution in [-0.4, -0.2) is 25.3 Å². The fourth-order valence-electron chi connectivity index (χ4n) is 1.90. The maximum Gasteiger partial charge on any atom is 0.280 e. The molecule has 0 aliphatic heterocycles. The lowest BCUT2D eigenvalue weighted by molar-refractivity contribution is -0.127. The van der Waals surface area contributed by atoms with Crippen LogP contribution in [0.5, 0.6) is 11.5 Å². The molecule has 0 fully saturated rings. The van der Waals surface area contributed by atoms with Gasteiger partial charge in [0.15, 0.2) is 6.10 Å². The Morgan fingerprint density at radius 3 is 2.58 bits per heavy atom. The lowest BCUT2D eigenvalue weighted by atomic mass is 10.2. The van der Waals surface area contributed by atoms with Gasteiger partial charge in [0.1, 0.15) is 11.5 Å². The zero-order chi connectivity index (χ0) is 17.5. The molecule has 0 bridgehead atoms. The molecule has 0 aliphatic rings. The number of hydrogen-bond acceptors (Lipinski definition) is 4. The molecule has 0 aliphatic carbocycles. The molecule has 0 spiro atoms. The van der Waals surface area contributed by atoms with Gasteiger partial charge in [-0.15, -0.1) is 0 Å². The molecule has 0 aromatic heterocycles. The van der Waals surface area contributed by atoms with Crippen LogP contribution in [0.2, 0.25) is 0 Å². The van der Waals surface area contributed by atoms with Gasteiger partial charge in [0.05, 0.1) is 17.8 Å². The highest BCUT2D eigenvalue weighted by Crippen LogP contribution is 2.26. The molecule has 5 nitrogen and oxygen atoms in total. The van der Waals surface area contributed by atoms with Crippen molar-refractivity contribution < 1.29 is 14.3 Å². The number of methoxy groups -OCH3 is 1. The normalized spacial score (nSPS) is 12.0. The van der Waals surface area contributed by atoms with E-state index in [4.69, 9.17) is 9.47 Å². The molecule has 2 aromatic rings. The highest BCUT2D eigenvalue weighted by molar-refractivity contribution is 9.10. The highest BCUT2D eigenvalue weighted by Gasteiger charge is 2.15. The molecule has 0 saturated heterocycles. The van der Waals surface area contributed by atoms with E-state index in [1.54, 1.807) is 20.2 Å². The van der Waals surface area contributed by atoms with Gasteiger partial charge in [-0.1, -0.05) is 6.07 Å². The molecular formula is C18H19BrN2O3. The SMILES string of the molecule is COc1ccc(/C=N\NC(=O)[C@@H](C)Oc2ccc(C)cc2Br)cc1. The highest BCUT2D eigenvalue weighted by atomic mass is 79.9. The van der Waals surface area contributed by atoms with E-state index in [2.05, 4.69) is 26.5 Å². The predicted octanol–water partition coefficient (Wildman–Crippen LogP) is 3.68. The summed E-state index contributed by atoms with van der Waals surface area (Å²) in [5, 5.41) is 3.94. The summed E-state index contributed by atoms with van der Waals surface area (Å²) in [7, 11) is 1.61. The first kappa shape index (κ1) is 18.0. The number of benzene rings is 2. The van der Waals surface area contributed by atoms with Gasteiger partial charge in [-0.05, 0) is 77.3 Å². The number of nitrogens with one attached hydrogen (secondary N) is 1. The summed E-state index contributed by atoms with van der Waals surface area (Å²) in [4.78, 5) is 12.0. The number of hydrogen-bond donors (Lipinski definition) is 1. The van der Waals surface area contributed by atoms with E-state index in [1.807, 2.05) is 49.4 Å². The molecule has 0 saturated carbocycles. The molecule has 1 amide bonds. The first-order chi connectivity index (χ1) is 11.5. The zero-order valence-corrected chi connectivity index (χ0v) is 15.3. The average molecular weight is 391 g/mol. The third-order valence-electron chi connectivity index (χ3n) is 3.26. The summed E-state index contributed by atoms with van der Waals surface area (Å²) in [6.07, 6.45) is 0.892. The number of halogens is 1. The van der Waals surface area contributed by atoms with Crippen LogP contribution in [0.3, 0.4) is 0 Å². The lowest BCUT2D eigenvalue weighted by Crippen LogP contribution is -2.33. The molecule has 0 radical (unpaired) electrons. The van der Waals surface area contributed by atoms with Crippen LogP contribution in [0.4, 0.5) is 0 Å². The molecule has 2 aromatic carbocycles. The van der Waals surface area contributed by atoms with Crippen LogP contribution in [0.1, 0.15) is 18.1 Å². The second-order valence-corrected chi connectivity index (χ2v) is 6.06. The maximum absolute atomic E-state index is 12.0. The van der Waals surface area contributed by atoms with Crippen molar-refractivity contribution in [1.82, 2.24) is 5.43 Å². The molecule has 0 heterocycles. The minimum absolute atomic E-state index is 0.327. The smallest absolute Gasteiger partial charge is 0.280 e. The van der Waals surface area contributed by atoms with Gasteiger partial charge in [-0.25, -0.2) is 5.43 Å². The van der Waals surface area contributed by atoms with Crippen molar-refractivity contribution >= 4 is 28.1 Å². The van der Waals surface area contributed by atoms with Crippen molar-refractivity contribution in [3.8, 4) is 11.5 Å². The summed E-state index contributed by atoms with van der Waals surface area (Å²) in [6.45, 7) is 3.66. The molecule has 1 N–H and O–H groups in total. The first-order valence-electron chi connectivity index (χ1n) is 7.39. The van der Waals surface area contributed by atoms with Crippen molar-refractivity contribution in [2.45, 2.75) is 20.0 Å². The Morgan fingerprint density at radius 1 is 1.25 bits per heavy atom. The van der Waals surface area contributed by atoms with E-state index in [-0.39, 0.29) is 5.91 Å². The number of nitrogens with zero attached hydrogens (tertiary/aromatic N) is 1.